The van der Waals surface area contributed by atoms with Gasteiger partial charge in [-0.2, -0.15) is 0 Å². The van der Waals surface area contributed by atoms with E-state index >= 15 is 0 Å². The molecule has 8 nitrogen and oxygen atoms in total. The molecule has 0 radical (unpaired) electrons. The Bertz CT molecular complexity index is 1300. The molecule has 2 aliphatic rings. The van der Waals surface area contributed by atoms with Crippen LogP contribution in [0.5, 0.6) is 0 Å². The van der Waals surface area contributed by atoms with Gasteiger partial charge in [0.1, 0.15) is 18.8 Å². The number of rotatable bonds is 16. The minimum atomic E-state index is -3.62. The van der Waals surface area contributed by atoms with Crippen LogP contribution in [0.15, 0.2) is 60.7 Å². The fraction of sp³-hybridized carbons (Fsp3) is 0.595. The van der Waals surface area contributed by atoms with Gasteiger partial charge in [-0.15, -0.1) is 0 Å². The zero-order valence-electron chi connectivity index (χ0n) is 27.8. The molecule has 2 unspecified atom stereocenters. The van der Waals surface area contributed by atoms with Crippen molar-refractivity contribution in [2.24, 2.45) is 17.8 Å². The molecular weight excluding hydrogens is 601 g/mol. The lowest BCUT2D eigenvalue weighted by molar-refractivity contribution is -0.169. The van der Waals surface area contributed by atoms with Gasteiger partial charge in [-0.1, -0.05) is 114 Å². The summed E-state index contributed by atoms with van der Waals surface area (Å²) in [6.07, 6.45) is 7.44. The number of hydrogen-bond donors (Lipinski definition) is 0. The highest BCUT2D eigenvalue weighted by Crippen LogP contribution is 2.51. The minimum absolute atomic E-state index is 0.133. The van der Waals surface area contributed by atoms with Crippen LogP contribution in [-0.2, 0) is 46.0 Å². The van der Waals surface area contributed by atoms with Gasteiger partial charge < -0.3 is 14.4 Å². The summed E-state index contributed by atoms with van der Waals surface area (Å²) < 4.78 is 32.0. The largest absolute Gasteiger partial charge is 0.459 e. The second kappa shape index (κ2) is 17.8. The number of likely N-dealkylation sites (tertiary alicyclic amines) is 1. The normalized spacial score (nSPS) is 20.7. The van der Waals surface area contributed by atoms with E-state index < -0.39 is 31.6 Å². The molecule has 4 rings (SSSR count). The van der Waals surface area contributed by atoms with E-state index in [1.54, 1.807) is 11.8 Å². The second-order valence-electron chi connectivity index (χ2n) is 13.2. The number of hydrogen-bond acceptors (Lipinski definition) is 7. The highest BCUT2D eigenvalue weighted by atomic mass is 31.2. The molecule has 46 heavy (non-hydrogen) atoms. The molecule has 1 amide bonds. The highest BCUT2D eigenvalue weighted by Gasteiger charge is 2.45. The molecule has 252 valence electrons. The molecule has 1 saturated carbocycles. The molecule has 2 fully saturated rings. The molecular formula is C37H52NO7P. The summed E-state index contributed by atoms with van der Waals surface area (Å²) in [4.78, 5) is 41.5. The SMILES string of the molecule is CCC(=O)OC(OP(=O)(CCCCc1ccccc1)CC(=O)N1C[C@H](C2CCCCC2)C[C@H]1C(=O)OCc1ccccc1)C(C)C. The summed E-state index contributed by atoms with van der Waals surface area (Å²) in [6.45, 7) is 5.95. The van der Waals surface area contributed by atoms with E-state index in [0.717, 1.165) is 44.1 Å². The number of nitrogens with zero attached hydrogens (tertiary/aromatic N) is 1. The predicted octanol–water partition coefficient (Wildman–Crippen LogP) is 7.78. The van der Waals surface area contributed by atoms with Crippen LogP contribution in [0.1, 0.15) is 89.7 Å². The van der Waals surface area contributed by atoms with E-state index in [2.05, 4.69) is 12.1 Å². The van der Waals surface area contributed by atoms with Crippen molar-refractivity contribution < 1.29 is 32.9 Å². The molecule has 9 heteroatoms. The third-order valence-electron chi connectivity index (χ3n) is 9.28. The molecule has 0 aromatic heterocycles. The summed E-state index contributed by atoms with van der Waals surface area (Å²) >= 11 is 0. The van der Waals surface area contributed by atoms with Gasteiger partial charge in [-0.05, 0) is 48.6 Å². The standard InChI is InChI=1S/C37H52NO7P/c1-4-35(40)44-37(28(2)3)45-46(42,23-15-14-18-29-16-8-5-9-17-29)27-34(39)38-25-32(31-21-12-7-13-22-31)24-33(38)36(41)43-26-30-19-10-6-11-20-30/h5-6,8-11,16-17,19-20,28,31-33,37H,4,7,12-15,18,21-27H2,1-3H3/t32-,33+,37?,46?/m1/s1. The van der Waals surface area contributed by atoms with E-state index in [-0.39, 0.29) is 43.1 Å². The number of esters is 2. The van der Waals surface area contributed by atoms with Gasteiger partial charge in [0.2, 0.25) is 19.6 Å². The first-order valence-corrected chi connectivity index (χ1v) is 19.2. The molecule has 1 aliphatic heterocycles. The molecule has 1 saturated heterocycles. The maximum atomic E-state index is 14.6. The number of unbranched alkanes of at least 4 members (excludes halogenated alkanes) is 1. The number of carbonyl (C=O) groups is 3. The first-order valence-electron chi connectivity index (χ1n) is 17.2. The Kier molecular flexibility index (Phi) is 13.9. The van der Waals surface area contributed by atoms with Crippen molar-refractivity contribution in [2.75, 3.05) is 18.9 Å². The van der Waals surface area contributed by atoms with E-state index in [4.69, 9.17) is 14.0 Å². The smallest absolute Gasteiger partial charge is 0.329 e. The van der Waals surface area contributed by atoms with E-state index in [1.807, 2.05) is 62.4 Å². The van der Waals surface area contributed by atoms with Crippen LogP contribution in [0.3, 0.4) is 0 Å². The van der Waals surface area contributed by atoms with Crippen LogP contribution >= 0.6 is 7.37 Å². The molecule has 0 N–H and O–H groups in total. The van der Waals surface area contributed by atoms with E-state index in [0.29, 0.717) is 25.3 Å². The molecule has 2 aromatic carbocycles. The van der Waals surface area contributed by atoms with Gasteiger partial charge in [0.05, 0.1) is 0 Å². The van der Waals surface area contributed by atoms with Crippen molar-refractivity contribution in [3.05, 3.63) is 71.8 Å². The summed E-state index contributed by atoms with van der Waals surface area (Å²) in [6, 6.07) is 18.9. The molecule has 0 spiro atoms. The van der Waals surface area contributed by atoms with Crippen LogP contribution in [0.2, 0.25) is 0 Å². The number of ether oxygens (including phenoxy) is 2. The third kappa shape index (κ3) is 10.8. The summed E-state index contributed by atoms with van der Waals surface area (Å²) in [5.41, 5.74) is 2.07. The first kappa shape index (κ1) is 35.9. The zero-order valence-corrected chi connectivity index (χ0v) is 28.7. The van der Waals surface area contributed by atoms with Gasteiger partial charge in [0.25, 0.3) is 0 Å². The maximum absolute atomic E-state index is 14.6. The number of aryl methyl sites for hydroxylation is 1. The van der Waals surface area contributed by atoms with Crippen molar-refractivity contribution in [2.45, 2.75) is 104 Å². The van der Waals surface area contributed by atoms with Gasteiger partial charge in [0, 0.05) is 25.0 Å². The Hall–Kier alpha value is -2.96. The topological polar surface area (TPSA) is 99.2 Å². The van der Waals surface area contributed by atoms with Gasteiger partial charge in [-0.25, -0.2) is 4.79 Å². The van der Waals surface area contributed by atoms with Crippen LogP contribution in [0, 0.1) is 17.8 Å². The molecule has 1 heterocycles. The molecule has 0 bridgehead atoms. The number of amides is 1. The van der Waals surface area contributed by atoms with E-state index in [1.165, 1.54) is 12.0 Å². The van der Waals surface area contributed by atoms with Crippen LogP contribution in [0.25, 0.3) is 0 Å². The van der Waals surface area contributed by atoms with Gasteiger partial charge >= 0.3 is 11.9 Å². The lowest BCUT2D eigenvalue weighted by Crippen LogP contribution is -2.43. The summed E-state index contributed by atoms with van der Waals surface area (Å²) in [7, 11) is -3.62. The highest BCUT2D eigenvalue weighted by molar-refractivity contribution is 7.59. The average Bonchev–Trinajstić information content (AvgIpc) is 3.53. The summed E-state index contributed by atoms with van der Waals surface area (Å²) in [5.74, 6) is -0.848. The Morgan fingerprint density at radius 2 is 1.54 bits per heavy atom. The second-order valence-corrected chi connectivity index (χ2v) is 15.9. The molecule has 2 aromatic rings. The van der Waals surface area contributed by atoms with Crippen molar-refractivity contribution in [3.63, 3.8) is 0 Å². The van der Waals surface area contributed by atoms with E-state index in [9.17, 15) is 18.9 Å². The fourth-order valence-corrected chi connectivity index (χ4v) is 8.92. The Labute approximate surface area is 275 Å². The maximum Gasteiger partial charge on any atom is 0.329 e. The Balaban J connectivity index is 1.50. The summed E-state index contributed by atoms with van der Waals surface area (Å²) in [5, 5.41) is 0. The van der Waals surface area contributed by atoms with Crippen molar-refractivity contribution in [3.8, 4) is 0 Å². The minimum Gasteiger partial charge on any atom is -0.459 e. The predicted molar refractivity (Wildman–Crippen MR) is 179 cm³/mol. The lowest BCUT2D eigenvalue weighted by Gasteiger charge is -2.30. The Morgan fingerprint density at radius 1 is 0.891 bits per heavy atom. The van der Waals surface area contributed by atoms with Gasteiger partial charge in [-0.3, -0.25) is 18.7 Å². The molecule has 4 atom stereocenters. The lowest BCUT2D eigenvalue weighted by atomic mass is 9.79. The van der Waals surface area contributed by atoms with Crippen molar-refractivity contribution >= 4 is 25.2 Å². The van der Waals surface area contributed by atoms with Gasteiger partial charge in [0.15, 0.2) is 0 Å². The fourth-order valence-electron chi connectivity index (χ4n) is 6.61. The Morgan fingerprint density at radius 3 is 2.17 bits per heavy atom. The van der Waals surface area contributed by atoms with Crippen molar-refractivity contribution in [1.29, 1.82) is 0 Å². The van der Waals surface area contributed by atoms with Crippen LogP contribution in [-0.4, -0.2) is 53.9 Å². The zero-order chi connectivity index (χ0) is 32.9. The third-order valence-corrected chi connectivity index (χ3v) is 11.6. The number of benzene rings is 2. The number of carbonyl (C=O) groups excluding carboxylic acids is 3. The van der Waals surface area contributed by atoms with Crippen LogP contribution in [0.4, 0.5) is 0 Å². The van der Waals surface area contributed by atoms with Crippen molar-refractivity contribution in [1.82, 2.24) is 4.90 Å². The monoisotopic (exact) mass is 653 g/mol. The van der Waals surface area contributed by atoms with Crippen LogP contribution < -0.4 is 0 Å². The molecule has 1 aliphatic carbocycles. The average molecular weight is 654 g/mol. The first-order chi connectivity index (χ1) is 22.2. The quantitative estimate of drug-likeness (QED) is 0.0790.